The Hall–Kier alpha value is -1.43. The number of nitrogens with one attached hydrogen (secondary N) is 1. The highest BCUT2D eigenvalue weighted by Crippen LogP contribution is 2.31. The molecule has 2 atom stereocenters. The van der Waals surface area contributed by atoms with Gasteiger partial charge in [-0.1, -0.05) is 30.3 Å². The number of amides is 1. The smallest absolute Gasteiger partial charge is 0.237 e. The average Bonchev–Trinajstić information content (AvgIpc) is 3.35. The molecule has 0 radical (unpaired) electrons. The highest BCUT2D eigenvalue weighted by atomic mass is 16.5. The van der Waals surface area contributed by atoms with Gasteiger partial charge in [-0.3, -0.25) is 4.79 Å². The summed E-state index contributed by atoms with van der Waals surface area (Å²) in [5.74, 6) is 0.204. The molecule has 0 bridgehead atoms. The maximum atomic E-state index is 12.9. The zero-order chi connectivity index (χ0) is 17.1. The summed E-state index contributed by atoms with van der Waals surface area (Å²) < 4.78 is 6.17. The van der Waals surface area contributed by atoms with Crippen LogP contribution in [-0.4, -0.2) is 67.2 Å². The van der Waals surface area contributed by atoms with E-state index in [-0.39, 0.29) is 18.1 Å². The summed E-state index contributed by atoms with van der Waals surface area (Å²) in [4.78, 5) is 17.4. The SMILES string of the molecule is O=C(CNC1CC1)N1CCO[C@@H](CN2CCCC2)[C@@H]1c1ccccc1. The first-order valence-electron chi connectivity index (χ1n) is 9.73. The Kier molecular flexibility index (Phi) is 5.34. The number of carbonyl (C=O) groups excluding carboxylic acids is 1. The van der Waals surface area contributed by atoms with Crippen LogP contribution in [0.15, 0.2) is 30.3 Å². The number of benzene rings is 1. The summed E-state index contributed by atoms with van der Waals surface area (Å²) in [6.07, 6.45) is 5.01. The molecule has 3 aliphatic rings. The first-order chi connectivity index (χ1) is 12.3. The van der Waals surface area contributed by atoms with Gasteiger partial charge in [-0.05, 0) is 44.3 Å². The molecule has 1 saturated carbocycles. The van der Waals surface area contributed by atoms with Gasteiger partial charge in [-0.2, -0.15) is 0 Å². The fourth-order valence-electron chi connectivity index (χ4n) is 4.05. The predicted molar refractivity (Wildman–Crippen MR) is 97.3 cm³/mol. The predicted octanol–water partition coefficient (Wildman–Crippen LogP) is 1.80. The van der Waals surface area contributed by atoms with Crippen molar-refractivity contribution >= 4 is 5.91 Å². The lowest BCUT2D eigenvalue weighted by atomic mass is 9.97. The molecule has 1 aromatic carbocycles. The third-order valence-corrected chi connectivity index (χ3v) is 5.57. The molecule has 0 aromatic heterocycles. The Balaban J connectivity index is 1.51. The van der Waals surface area contributed by atoms with Gasteiger partial charge >= 0.3 is 0 Å². The van der Waals surface area contributed by atoms with Crippen LogP contribution in [0.1, 0.15) is 37.3 Å². The standard InChI is InChI=1S/C20H29N3O2/c24-19(14-21-17-8-9-17)23-12-13-25-18(15-22-10-4-5-11-22)20(23)16-6-2-1-3-7-16/h1-3,6-7,17-18,20-21H,4-5,8-15H2/t18-,20-/m0/s1. The van der Waals surface area contributed by atoms with E-state index in [2.05, 4.69) is 39.4 Å². The number of nitrogens with zero attached hydrogens (tertiary/aromatic N) is 2. The number of hydrogen-bond donors (Lipinski definition) is 1. The van der Waals surface area contributed by atoms with Crippen molar-refractivity contribution in [3.8, 4) is 0 Å². The lowest BCUT2D eigenvalue weighted by Crippen LogP contribution is -2.53. The molecule has 1 aliphatic carbocycles. The Labute approximate surface area is 150 Å². The second-order valence-corrected chi connectivity index (χ2v) is 7.51. The molecule has 2 heterocycles. The van der Waals surface area contributed by atoms with Crippen molar-refractivity contribution in [3.05, 3.63) is 35.9 Å². The number of hydrogen-bond acceptors (Lipinski definition) is 4. The summed E-state index contributed by atoms with van der Waals surface area (Å²) in [6.45, 7) is 4.99. The molecule has 136 valence electrons. The summed E-state index contributed by atoms with van der Waals surface area (Å²) in [5.41, 5.74) is 1.19. The summed E-state index contributed by atoms with van der Waals surface area (Å²) in [7, 11) is 0. The second-order valence-electron chi connectivity index (χ2n) is 7.51. The second kappa shape index (κ2) is 7.85. The quantitative estimate of drug-likeness (QED) is 0.856. The molecular weight excluding hydrogens is 314 g/mol. The third kappa shape index (κ3) is 4.22. The van der Waals surface area contributed by atoms with Crippen molar-refractivity contribution in [1.82, 2.24) is 15.1 Å². The number of morpholine rings is 1. The van der Waals surface area contributed by atoms with Crippen LogP contribution < -0.4 is 5.32 Å². The van der Waals surface area contributed by atoms with Gasteiger partial charge in [0, 0.05) is 19.1 Å². The van der Waals surface area contributed by atoms with E-state index in [4.69, 9.17) is 4.74 Å². The van der Waals surface area contributed by atoms with E-state index in [0.717, 1.165) is 19.6 Å². The van der Waals surface area contributed by atoms with Crippen molar-refractivity contribution in [2.75, 3.05) is 39.3 Å². The Bertz CT molecular complexity index is 570. The number of likely N-dealkylation sites (tertiary alicyclic amines) is 1. The van der Waals surface area contributed by atoms with Crippen molar-refractivity contribution in [1.29, 1.82) is 0 Å². The van der Waals surface area contributed by atoms with Crippen LogP contribution in [0, 0.1) is 0 Å². The van der Waals surface area contributed by atoms with Crippen LogP contribution >= 0.6 is 0 Å². The molecule has 5 heteroatoms. The Morgan fingerprint density at radius 3 is 2.60 bits per heavy atom. The van der Waals surface area contributed by atoms with E-state index in [1.807, 2.05) is 6.07 Å². The Morgan fingerprint density at radius 1 is 1.12 bits per heavy atom. The van der Waals surface area contributed by atoms with Crippen LogP contribution in [0.5, 0.6) is 0 Å². The molecule has 1 amide bonds. The van der Waals surface area contributed by atoms with Gasteiger partial charge in [0.05, 0.1) is 25.3 Å². The molecule has 5 nitrogen and oxygen atoms in total. The molecule has 2 aliphatic heterocycles. The van der Waals surface area contributed by atoms with E-state index in [1.54, 1.807) is 0 Å². The first-order valence-corrected chi connectivity index (χ1v) is 9.73. The van der Waals surface area contributed by atoms with E-state index < -0.39 is 0 Å². The monoisotopic (exact) mass is 343 g/mol. The van der Waals surface area contributed by atoms with Gasteiger partial charge in [-0.15, -0.1) is 0 Å². The van der Waals surface area contributed by atoms with Crippen molar-refractivity contribution in [3.63, 3.8) is 0 Å². The summed E-state index contributed by atoms with van der Waals surface area (Å²) in [5, 5.41) is 3.37. The van der Waals surface area contributed by atoms with Crippen molar-refractivity contribution in [2.45, 2.75) is 43.9 Å². The minimum atomic E-state index is 0.0176. The van der Waals surface area contributed by atoms with E-state index in [9.17, 15) is 4.79 Å². The lowest BCUT2D eigenvalue weighted by Gasteiger charge is -2.43. The summed E-state index contributed by atoms with van der Waals surface area (Å²) >= 11 is 0. The van der Waals surface area contributed by atoms with E-state index in [0.29, 0.717) is 25.7 Å². The van der Waals surface area contributed by atoms with Crippen LogP contribution in [0.3, 0.4) is 0 Å². The minimum Gasteiger partial charge on any atom is -0.373 e. The van der Waals surface area contributed by atoms with Crippen LogP contribution in [0.25, 0.3) is 0 Å². The molecule has 25 heavy (non-hydrogen) atoms. The van der Waals surface area contributed by atoms with Gasteiger partial charge in [0.15, 0.2) is 0 Å². The summed E-state index contributed by atoms with van der Waals surface area (Å²) in [6, 6.07) is 11.0. The van der Waals surface area contributed by atoms with E-state index >= 15 is 0 Å². The lowest BCUT2D eigenvalue weighted by molar-refractivity contribution is -0.147. The van der Waals surface area contributed by atoms with Crippen molar-refractivity contribution in [2.24, 2.45) is 0 Å². The van der Waals surface area contributed by atoms with Gasteiger partial charge < -0.3 is 19.9 Å². The van der Waals surface area contributed by atoms with Crippen LogP contribution in [-0.2, 0) is 9.53 Å². The largest absolute Gasteiger partial charge is 0.373 e. The average molecular weight is 343 g/mol. The molecule has 3 fully saturated rings. The highest BCUT2D eigenvalue weighted by molar-refractivity contribution is 5.79. The number of carbonyl (C=O) groups is 1. The van der Waals surface area contributed by atoms with Crippen LogP contribution in [0.2, 0.25) is 0 Å². The molecule has 2 saturated heterocycles. The molecule has 1 N–H and O–H groups in total. The minimum absolute atomic E-state index is 0.0176. The van der Waals surface area contributed by atoms with Crippen LogP contribution in [0.4, 0.5) is 0 Å². The number of ether oxygens (including phenoxy) is 1. The van der Waals surface area contributed by atoms with Gasteiger partial charge in [0.1, 0.15) is 0 Å². The van der Waals surface area contributed by atoms with E-state index in [1.165, 1.54) is 31.2 Å². The first kappa shape index (κ1) is 17.0. The third-order valence-electron chi connectivity index (χ3n) is 5.57. The Morgan fingerprint density at radius 2 is 1.88 bits per heavy atom. The maximum Gasteiger partial charge on any atom is 0.237 e. The zero-order valence-electron chi connectivity index (χ0n) is 14.9. The molecular formula is C20H29N3O2. The normalized spacial score (nSPS) is 27.6. The van der Waals surface area contributed by atoms with Gasteiger partial charge in [0.2, 0.25) is 5.91 Å². The van der Waals surface area contributed by atoms with Gasteiger partial charge in [0.25, 0.3) is 0 Å². The molecule has 0 spiro atoms. The highest BCUT2D eigenvalue weighted by Gasteiger charge is 2.37. The van der Waals surface area contributed by atoms with Gasteiger partial charge in [-0.25, -0.2) is 0 Å². The van der Waals surface area contributed by atoms with Crippen molar-refractivity contribution < 1.29 is 9.53 Å². The molecule has 1 aromatic rings. The fourth-order valence-corrected chi connectivity index (χ4v) is 4.05. The topological polar surface area (TPSA) is 44.8 Å². The molecule has 4 rings (SSSR count). The molecule has 0 unspecified atom stereocenters. The zero-order valence-corrected chi connectivity index (χ0v) is 14.9. The maximum absolute atomic E-state index is 12.9. The number of rotatable bonds is 6. The fraction of sp³-hybridized carbons (Fsp3) is 0.650.